The van der Waals surface area contributed by atoms with Crippen molar-refractivity contribution in [3.8, 4) is 0 Å². The van der Waals surface area contributed by atoms with E-state index in [9.17, 15) is 14.7 Å². The van der Waals surface area contributed by atoms with Gasteiger partial charge in [-0.3, -0.25) is 4.79 Å². The third-order valence-corrected chi connectivity index (χ3v) is 2.75. The fourth-order valence-electron chi connectivity index (χ4n) is 1.61. The van der Waals surface area contributed by atoms with Gasteiger partial charge < -0.3 is 19.9 Å². The molecule has 0 fully saturated rings. The fraction of sp³-hybridized carbons (Fsp3) is 0.733. The van der Waals surface area contributed by atoms with Gasteiger partial charge in [0.25, 0.3) is 0 Å². The number of carbonyl (C=O) groups excluding carboxylic acids is 2. The molecule has 0 radical (unpaired) electrons. The summed E-state index contributed by atoms with van der Waals surface area (Å²) in [6.07, 6.45) is 2.15. The van der Waals surface area contributed by atoms with Crippen molar-refractivity contribution in [3.63, 3.8) is 0 Å². The van der Waals surface area contributed by atoms with E-state index in [0.29, 0.717) is 0 Å². The first kappa shape index (κ1) is 19.4. The number of aliphatic hydroxyl groups excluding tert-OH is 1. The van der Waals surface area contributed by atoms with Crippen LogP contribution in [-0.4, -0.2) is 42.0 Å². The van der Waals surface area contributed by atoms with Crippen LogP contribution in [0.4, 0.5) is 4.79 Å². The van der Waals surface area contributed by atoms with Gasteiger partial charge in [0.05, 0.1) is 25.7 Å². The standard InChI is InChI=1S/C15H27NO5/c1-10(8-7-9-12(17)20-6)13(18)11(2)16-14(19)21-15(3,4)5/h7-8,10-11,13,18H,9H2,1-6H3,(H,16,19)/b8-7+/t10-,11+,13-/m1/s1. The Morgan fingerprint density at radius 3 is 2.33 bits per heavy atom. The van der Waals surface area contributed by atoms with Crippen molar-refractivity contribution < 1.29 is 24.2 Å². The van der Waals surface area contributed by atoms with E-state index < -0.39 is 23.8 Å². The minimum atomic E-state index is -0.786. The van der Waals surface area contributed by atoms with Crippen LogP contribution in [0.25, 0.3) is 0 Å². The minimum Gasteiger partial charge on any atom is -0.469 e. The maximum absolute atomic E-state index is 11.6. The first-order chi connectivity index (χ1) is 9.56. The van der Waals surface area contributed by atoms with Crippen LogP contribution in [0, 0.1) is 5.92 Å². The second-order valence-corrected chi connectivity index (χ2v) is 5.99. The maximum Gasteiger partial charge on any atom is 0.407 e. The number of nitrogens with one attached hydrogen (secondary N) is 1. The third kappa shape index (κ3) is 9.07. The maximum atomic E-state index is 11.6. The van der Waals surface area contributed by atoms with Crippen LogP contribution < -0.4 is 5.32 Å². The van der Waals surface area contributed by atoms with Crippen LogP contribution in [0.3, 0.4) is 0 Å². The molecule has 0 aliphatic rings. The lowest BCUT2D eigenvalue weighted by atomic mass is 9.98. The Bertz CT molecular complexity index is 373. The topological polar surface area (TPSA) is 84.9 Å². The van der Waals surface area contributed by atoms with Gasteiger partial charge in [-0.25, -0.2) is 4.79 Å². The molecule has 0 aromatic heterocycles. The fourth-order valence-corrected chi connectivity index (χ4v) is 1.61. The Kier molecular flexibility index (Phi) is 8.02. The van der Waals surface area contributed by atoms with E-state index in [1.807, 2.05) is 0 Å². The first-order valence-corrected chi connectivity index (χ1v) is 6.98. The van der Waals surface area contributed by atoms with Gasteiger partial charge in [-0.2, -0.15) is 0 Å². The molecule has 21 heavy (non-hydrogen) atoms. The molecular weight excluding hydrogens is 274 g/mol. The summed E-state index contributed by atoms with van der Waals surface area (Å²) in [5.74, 6) is -0.563. The molecule has 1 amide bonds. The van der Waals surface area contributed by atoms with Gasteiger partial charge in [-0.05, 0) is 27.7 Å². The molecule has 6 nitrogen and oxygen atoms in total. The molecule has 0 aliphatic heterocycles. The van der Waals surface area contributed by atoms with Crippen LogP contribution in [-0.2, 0) is 14.3 Å². The molecular formula is C15H27NO5. The Morgan fingerprint density at radius 2 is 1.86 bits per heavy atom. The van der Waals surface area contributed by atoms with E-state index in [1.165, 1.54) is 7.11 Å². The lowest BCUT2D eigenvalue weighted by molar-refractivity contribution is -0.139. The third-order valence-electron chi connectivity index (χ3n) is 2.75. The van der Waals surface area contributed by atoms with Crippen molar-refractivity contribution in [3.05, 3.63) is 12.2 Å². The number of carbonyl (C=O) groups is 2. The number of alkyl carbamates (subject to hydrolysis) is 1. The average Bonchev–Trinajstić information content (AvgIpc) is 2.34. The summed E-state index contributed by atoms with van der Waals surface area (Å²) in [6.45, 7) is 8.80. The number of amides is 1. The van der Waals surface area contributed by atoms with E-state index in [4.69, 9.17) is 4.74 Å². The van der Waals surface area contributed by atoms with Crippen molar-refractivity contribution in [1.29, 1.82) is 0 Å². The van der Waals surface area contributed by atoms with Crippen molar-refractivity contribution in [2.24, 2.45) is 5.92 Å². The summed E-state index contributed by atoms with van der Waals surface area (Å²) in [4.78, 5) is 22.6. The number of esters is 1. The molecule has 0 spiro atoms. The highest BCUT2D eigenvalue weighted by atomic mass is 16.6. The van der Waals surface area contributed by atoms with Crippen LogP contribution in [0.1, 0.15) is 41.0 Å². The highest BCUT2D eigenvalue weighted by molar-refractivity contribution is 5.70. The highest BCUT2D eigenvalue weighted by Crippen LogP contribution is 2.11. The first-order valence-electron chi connectivity index (χ1n) is 6.98. The van der Waals surface area contributed by atoms with Gasteiger partial charge in [0, 0.05) is 5.92 Å². The zero-order chi connectivity index (χ0) is 16.6. The SMILES string of the molecule is COC(=O)C/C=C/[C@@H](C)[C@@H](O)[C@H](C)NC(=O)OC(C)(C)C. The monoisotopic (exact) mass is 301 g/mol. The normalized spacial score (nSPS) is 16.1. The Hall–Kier alpha value is -1.56. The van der Waals surface area contributed by atoms with Gasteiger partial charge in [0.1, 0.15) is 5.60 Å². The lowest BCUT2D eigenvalue weighted by Crippen LogP contribution is -2.45. The van der Waals surface area contributed by atoms with Gasteiger partial charge in [-0.15, -0.1) is 0 Å². The summed E-state index contributed by atoms with van der Waals surface area (Å²) in [7, 11) is 1.32. The zero-order valence-electron chi connectivity index (χ0n) is 13.7. The molecule has 0 heterocycles. The number of rotatable bonds is 6. The molecule has 0 aromatic rings. The molecule has 122 valence electrons. The number of ether oxygens (including phenoxy) is 2. The predicted octanol–water partition coefficient (Wildman–Crippen LogP) is 2.02. The molecule has 0 unspecified atom stereocenters. The van der Waals surface area contributed by atoms with E-state index in [-0.39, 0.29) is 18.3 Å². The summed E-state index contributed by atoms with van der Waals surface area (Å²) in [6, 6.07) is -0.474. The Labute approximate surface area is 126 Å². The van der Waals surface area contributed by atoms with Crippen LogP contribution >= 0.6 is 0 Å². The van der Waals surface area contributed by atoms with Gasteiger partial charge in [0.2, 0.25) is 0 Å². The number of hydrogen-bond donors (Lipinski definition) is 2. The number of methoxy groups -OCH3 is 1. The molecule has 0 aliphatic carbocycles. The van der Waals surface area contributed by atoms with Gasteiger partial charge in [-0.1, -0.05) is 19.1 Å². The van der Waals surface area contributed by atoms with Crippen LogP contribution in [0.15, 0.2) is 12.2 Å². The highest BCUT2D eigenvalue weighted by Gasteiger charge is 2.23. The van der Waals surface area contributed by atoms with E-state index in [1.54, 1.807) is 46.8 Å². The van der Waals surface area contributed by atoms with Crippen molar-refractivity contribution in [2.75, 3.05) is 7.11 Å². The Balaban J connectivity index is 4.33. The van der Waals surface area contributed by atoms with E-state index >= 15 is 0 Å². The van der Waals surface area contributed by atoms with Crippen molar-refractivity contribution >= 4 is 12.1 Å². The molecule has 0 saturated heterocycles. The molecule has 0 aromatic carbocycles. The predicted molar refractivity (Wildman–Crippen MR) is 79.8 cm³/mol. The van der Waals surface area contributed by atoms with Crippen LogP contribution in [0.2, 0.25) is 0 Å². The molecule has 0 bridgehead atoms. The molecule has 0 saturated carbocycles. The Morgan fingerprint density at radius 1 is 1.29 bits per heavy atom. The lowest BCUT2D eigenvalue weighted by Gasteiger charge is -2.26. The van der Waals surface area contributed by atoms with Crippen molar-refractivity contribution in [1.82, 2.24) is 5.32 Å². The smallest absolute Gasteiger partial charge is 0.407 e. The largest absolute Gasteiger partial charge is 0.469 e. The zero-order valence-corrected chi connectivity index (χ0v) is 13.7. The number of hydrogen-bond acceptors (Lipinski definition) is 5. The van der Waals surface area contributed by atoms with Gasteiger partial charge >= 0.3 is 12.1 Å². The van der Waals surface area contributed by atoms with E-state index in [2.05, 4.69) is 10.1 Å². The van der Waals surface area contributed by atoms with Crippen LogP contribution in [0.5, 0.6) is 0 Å². The van der Waals surface area contributed by atoms with Crippen molar-refractivity contribution in [2.45, 2.75) is 58.8 Å². The second-order valence-electron chi connectivity index (χ2n) is 5.99. The minimum absolute atomic E-state index is 0.154. The molecule has 3 atom stereocenters. The van der Waals surface area contributed by atoms with Gasteiger partial charge in [0.15, 0.2) is 0 Å². The van der Waals surface area contributed by atoms with E-state index in [0.717, 1.165) is 0 Å². The summed E-state index contributed by atoms with van der Waals surface area (Å²) in [5.41, 5.74) is -0.583. The number of aliphatic hydroxyl groups is 1. The summed E-state index contributed by atoms with van der Waals surface area (Å²) in [5, 5.41) is 12.7. The summed E-state index contributed by atoms with van der Waals surface area (Å²) >= 11 is 0. The quantitative estimate of drug-likeness (QED) is 0.579. The summed E-state index contributed by atoms with van der Waals surface area (Å²) < 4.78 is 9.64. The molecule has 2 N–H and O–H groups in total. The molecule has 0 rings (SSSR count). The molecule has 6 heteroatoms. The second kappa shape index (κ2) is 8.67. The average molecular weight is 301 g/mol.